The average Bonchev–Trinajstić information content (AvgIpc) is 2.16. The molecule has 1 aromatic rings. The molecule has 19 heavy (non-hydrogen) atoms. The second kappa shape index (κ2) is 5.58. The first-order valence-corrected chi connectivity index (χ1v) is 5.53. The van der Waals surface area contributed by atoms with Crippen LogP contribution in [0.1, 0.15) is 5.56 Å². The highest BCUT2D eigenvalue weighted by atomic mass is 35.5. The molecule has 0 radical (unpaired) electrons. The van der Waals surface area contributed by atoms with Crippen LogP contribution in [-0.4, -0.2) is 18.4 Å². The summed E-state index contributed by atoms with van der Waals surface area (Å²) in [5.74, 6) is -3.57. The Kier molecular flexibility index (Phi) is 4.73. The van der Waals surface area contributed by atoms with E-state index in [4.69, 9.17) is 17.3 Å². The topological polar surface area (TPSA) is 26.0 Å². The monoisotopic (exact) mass is 305 g/mol. The summed E-state index contributed by atoms with van der Waals surface area (Å²) >= 11 is 5.68. The smallest absolute Gasteiger partial charge is 0.327 e. The van der Waals surface area contributed by atoms with Crippen molar-refractivity contribution in [2.24, 2.45) is 11.7 Å². The molecule has 108 valence electrons. The van der Waals surface area contributed by atoms with Gasteiger partial charge in [-0.15, -0.1) is 0 Å². The third kappa shape index (κ3) is 4.28. The van der Waals surface area contributed by atoms with Crippen molar-refractivity contribution in [3.8, 4) is 0 Å². The largest absolute Gasteiger partial charge is 0.402 e. The fourth-order valence-corrected chi connectivity index (χ4v) is 1.92. The Labute approximate surface area is 110 Å². The Balaban J connectivity index is 2.97. The number of halogens is 7. The SMILES string of the molecule is NC(Cc1ccccc1Cl)C(C(F)(F)F)C(F)(F)F. The van der Waals surface area contributed by atoms with Crippen LogP contribution in [-0.2, 0) is 6.42 Å². The van der Waals surface area contributed by atoms with E-state index >= 15 is 0 Å². The van der Waals surface area contributed by atoms with Gasteiger partial charge in [-0.25, -0.2) is 0 Å². The molecule has 0 aliphatic carbocycles. The van der Waals surface area contributed by atoms with E-state index < -0.39 is 30.7 Å². The van der Waals surface area contributed by atoms with Gasteiger partial charge in [0.25, 0.3) is 0 Å². The zero-order valence-electron chi connectivity index (χ0n) is 9.39. The van der Waals surface area contributed by atoms with Crippen molar-refractivity contribution in [3.63, 3.8) is 0 Å². The van der Waals surface area contributed by atoms with Crippen molar-refractivity contribution >= 4 is 11.6 Å². The van der Waals surface area contributed by atoms with Crippen LogP contribution in [0.25, 0.3) is 0 Å². The van der Waals surface area contributed by atoms with Crippen LogP contribution < -0.4 is 5.73 Å². The Morgan fingerprint density at radius 3 is 1.89 bits per heavy atom. The number of alkyl halides is 6. The molecule has 0 saturated heterocycles. The van der Waals surface area contributed by atoms with Crippen molar-refractivity contribution < 1.29 is 26.3 Å². The zero-order chi connectivity index (χ0) is 14.8. The molecular weight excluding hydrogens is 296 g/mol. The molecule has 0 heterocycles. The van der Waals surface area contributed by atoms with Crippen LogP contribution in [0.4, 0.5) is 26.3 Å². The quantitative estimate of drug-likeness (QED) is 0.841. The molecule has 8 heteroatoms. The van der Waals surface area contributed by atoms with E-state index in [9.17, 15) is 26.3 Å². The lowest BCUT2D eigenvalue weighted by Crippen LogP contribution is -2.49. The highest BCUT2D eigenvalue weighted by Crippen LogP contribution is 2.41. The fraction of sp³-hybridized carbons (Fsp3) is 0.455. The van der Waals surface area contributed by atoms with E-state index in [2.05, 4.69) is 0 Å². The maximum absolute atomic E-state index is 12.4. The van der Waals surface area contributed by atoms with Gasteiger partial charge in [-0.1, -0.05) is 29.8 Å². The van der Waals surface area contributed by atoms with E-state index in [1.54, 1.807) is 0 Å². The molecule has 1 aromatic carbocycles. The summed E-state index contributed by atoms with van der Waals surface area (Å²) in [5.41, 5.74) is 5.24. The first-order chi connectivity index (χ1) is 8.53. The fourth-order valence-electron chi connectivity index (χ4n) is 1.71. The lowest BCUT2D eigenvalue weighted by atomic mass is 9.93. The lowest BCUT2D eigenvalue weighted by molar-refractivity contribution is -0.289. The standard InChI is InChI=1S/C11H10ClF6N/c12-7-4-2-1-3-6(7)5-8(19)9(10(13,14)15)11(16,17)18/h1-4,8-9H,5,19H2. The maximum Gasteiger partial charge on any atom is 0.402 e. The van der Waals surface area contributed by atoms with Gasteiger partial charge in [0.2, 0.25) is 0 Å². The van der Waals surface area contributed by atoms with Crippen LogP contribution in [0.2, 0.25) is 5.02 Å². The summed E-state index contributed by atoms with van der Waals surface area (Å²) < 4.78 is 74.6. The summed E-state index contributed by atoms with van der Waals surface area (Å²) in [6.45, 7) is 0. The average molecular weight is 306 g/mol. The molecule has 0 aromatic heterocycles. The van der Waals surface area contributed by atoms with E-state index in [-0.39, 0.29) is 10.6 Å². The van der Waals surface area contributed by atoms with Crippen molar-refractivity contribution in [3.05, 3.63) is 34.9 Å². The minimum Gasteiger partial charge on any atom is -0.327 e. The van der Waals surface area contributed by atoms with Crippen LogP contribution in [0.15, 0.2) is 24.3 Å². The predicted molar refractivity (Wildman–Crippen MR) is 58.7 cm³/mol. The Hall–Kier alpha value is -0.950. The summed E-state index contributed by atoms with van der Waals surface area (Å²) in [6, 6.07) is 3.55. The van der Waals surface area contributed by atoms with Gasteiger partial charge in [-0.05, 0) is 18.1 Å². The Morgan fingerprint density at radius 2 is 1.47 bits per heavy atom. The summed E-state index contributed by atoms with van der Waals surface area (Å²) in [7, 11) is 0. The molecule has 0 aliphatic rings. The van der Waals surface area contributed by atoms with Crippen molar-refractivity contribution in [1.82, 2.24) is 0 Å². The molecule has 1 atom stereocenters. The molecule has 2 N–H and O–H groups in total. The van der Waals surface area contributed by atoms with E-state index in [0.29, 0.717) is 0 Å². The molecule has 1 rings (SSSR count). The molecule has 0 saturated carbocycles. The molecule has 0 aliphatic heterocycles. The summed E-state index contributed by atoms with van der Waals surface area (Å²) in [4.78, 5) is 0. The summed E-state index contributed by atoms with van der Waals surface area (Å²) in [5, 5.41) is 0.0843. The molecular formula is C11H10ClF6N. The van der Waals surface area contributed by atoms with E-state index in [1.807, 2.05) is 0 Å². The molecule has 0 spiro atoms. The van der Waals surface area contributed by atoms with Crippen molar-refractivity contribution in [2.45, 2.75) is 24.8 Å². The first-order valence-electron chi connectivity index (χ1n) is 5.16. The molecule has 0 fully saturated rings. The third-order valence-electron chi connectivity index (χ3n) is 2.55. The van der Waals surface area contributed by atoms with Crippen LogP contribution in [0.5, 0.6) is 0 Å². The van der Waals surface area contributed by atoms with Gasteiger partial charge in [0.05, 0.1) is 0 Å². The number of hydrogen-bond donors (Lipinski definition) is 1. The van der Waals surface area contributed by atoms with Crippen LogP contribution in [0.3, 0.4) is 0 Å². The second-order valence-electron chi connectivity index (χ2n) is 4.02. The van der Waals surface area contributed by atoms with Gasteiger partial charge in [-0.2, -0.15) is 26.3 Å². The lowest BCUT2D eigenvalue weighted by Gasteiger charge is -2.28. The van der Waals surface area contributed by atoms with Crippen LogP contribution in [0, 0.1) is 5.92 Å². The number of rotatable bonds is 3. The van der Waals surface area contributed by atoms with Gasteiger partial charge in [0.1, 0.15) is 0 Å². The van der Waals surface area contributed by atoms with Gasteiger partial charge < -0.3 is 5.73 Å². The molecule has 0 amide bonds. The van der Waals surface area contributed by atoms with Gasteiger partial charge in [0.15, 0.2) is 5.92 Å². The Morgan fingerprint density at radius 1 is 1.00 bits per heavy atom. The minimum absolute atomic E-state index is 0.0843. The molecule has 1 unspecified atom stereocenters. The predicted octanol–water partition coefficient (Wildman–Crippen LogP) is 3.95. The molecule has 0 bridgehead atoms. The van der Waals surface area contributed by atoms with E-state index in [0.717, 1.165) is 0 Å². The highest BCUT2D eigenvalue weighted by Gasteiger charge is 2.59. The van der Waals surface area contributed by atoms with Crippen molar-refractivity contribution in [1.29, 1.82) is 0 Å². The third-order valence-corrected chi connectivity index (χ3v) is 2.92. The van der Waals surface area contributed by atoms with Gasteiger partial charge in [0, 0.05) is 11.1 Å². The van der Waals surface area contributed by atoms with Gasteiger partial charge in [-0.3, -0.25) is 0 Å². The maximum atomic E-state index is 12.4. The number of benzene rings is 1. The first kappa shape index (κ1) is 16.1. The minimum atomic E-state index is -5.45. The van der Waals surface area contributed by atoms with Crippen molar-refractivity contribution in [2.75, 3.05) is 0 Å². The van der Waals surface area contributed by atoms with E-state index in [1.165, 1.54) is 24.3 Å². The number of nitrogens with two attached hydrogens (primary N) is 1. The number of hydrogen-bond acceptors (Lipinski definition) is 1. The van der Waals surface area contributed by atoms with Crippen LogP contribution >= 0.6 is 11.6 Å². The summed E-state index contributed by atoms with van der Waals surface area (Å²) in [6.07, 6.45) is -11.5. The second-order valence-corrected chi connectivity index (χ2v) is 4.43. The normalized spacial score (nSPS) is 14.8. The zero-order valence-corrected chi connectivity index (χ0v) is 10.2. The highest BCUT2D eigenvalue weighted by molar-refractivity contribution is 6.31. The Bertz CT molecular complexity index is 414. The molecule has 1 nitrogen and oxygen atoms in total. The van der Waals surface area contributed by atoms with Gasteiger partial charge >= 0.3 is 12.4 Å².